The number of rotatable bonds is 1. The number of benzene rings is 1. The Bertz CT molecular complexity index is 720. The van der Waals surface area contributed by atoms with Gasteiger partial charge in [-0.1, -0.05) is 11.6 Å². The smallest absolute Gasteiger partial charge is 0.259 e. The maximum absolute atomic E-state index is 12.4. The Morgan fingerprint density at radius 3 is 2.80 bits per heavy atom. The second-order valence-corrected chi connectivity index (χ2v) is 5.06. The molecule has 0 unspecified atom stereocenters. The number of morpholine rings is 1. The summed E-state index contributed by atoms with van der Waals surface area (Å²) in [6.07, 6.45) is 1.46. The molecule has 2 aromatic rings. The lowest BCUT2D eigenvalue weighted by molar-refractivity contribution is 0.0302. The van der Waals surface area contributed by atoms with Gasteiger partial charge >= 0.3 is 0 Å². The van der Waals surface area contributed by atoms with Crippen LogP contribution < -0.4 is 5.43 Å². The van der Waals surface area contributed by atoms with Gasteiger partial charge < -0.3 is 14.6 Å². The zero-order valence-corrected chi connectivity index (χ0v) is 11.4. The molecule has 1 aliphatic heterocycles. The molecule has 0 atom stereocenters. The third-order valence-corrected chi connectivity index (χ3v) is 3.61. The van der Waals surface area contributed by atoms with Crippen LogP contribution in [0.5, 0.6) is 0 Å². The molecule has 0 aliphatic carbocycles. The molecule has 1 aromatic carbocycles. The van der Waals surface area contributed by atoms with Gasteiger partial charge in [0.2, 0.25) is 5.43 Å². The van der Waals surface area contributed by atoms with Crippen LogP contribution >= 0.6 is 11.6 Å². The zero-order chi connectivity index (χ0) is 14.1. The second kappa shape index (κ2) is 5.26. The van der Waals surface area contributed by atoms with Crippen LogP contribution in [0.25, 0.3) is 10.9 Å². The van der Waals surface area contributed by atoms with Crippen LogP contribution in [-0.4, -0.2) is 42.1 Å². The number of hydrogen-bond acceptors (Lipinski definition) is 3. The molecule has 5 nitrogen and oxygen atoms in total. The van der Waals surface area contributed by atoms with Crippen molar-refractivity contribution in [3.05, 3.63) is 45.2 Å². The van der Waals surface area contributed by atoms with Gasteiger partial charge in [0.15, 0.2) is 0 Å². The van der Waals surface area contributed by atoms with Crippen molar-refractivity contribution in [2.75, 3.05) is 26.3 Å². The summed E-state index contributed by atoms with van der Waals surface area (Å²) < 4.78 is 5.20. The molecule has 0 bridgehead atoms. The molecule has 2 heterocycles. The summed E-state index contributed by atoms with van der Waals surface area (Å²) in [4.78, 5) is 29.3. The number of halogens is 1. The Balaban J connectivity index is 2.03. The Morgan fingerprint density at radius 2 is 2.05 bits per heavy atom. The van der Waals surface area contributed by atoms with Crippen LogP contribution in [0.4, 0.5) is 0 Å². The minimum atomic E-state index is -0.271. The molecule has 1 fully saturated rings. The van der Waals surface area contributed by atoms with Crippen molar-refractivity contribution in [3.63, 3.8) is 0 Å². The topological polar surface area (TPSA) is 62.4 Å². The number of carbonyl (C=O) groups excluding carboxylic acids is 1. The van der Waals surface area contributed by atoms with E-state index in [0.29, 0.717) is 42.2 Å². The molecule has 0 spiro atoms. The number of pyridine rings is 1. The van der Waals surface area contributed by atoms with Gasteiger partial charge in [-0.05, 0) is 18.2 Å². The summed E-state index contributed by atoms with van der Waals surface area (Å²) >= 11 is 5.88. The van der Waals surface area contributed by atoms with Gasteiger partial charge in [0.25, 0.3) is 5.91 Å². The fourth-order valence-electron chi connectivity index (χ4n) is 2.29. The average Bonchev–Trinajstić information content (AvgIpc) is 2.48. The molecule has 3 rings (SSSR count). The van der Waals surface area contributed by atoms with Crippen LogP contribution in [0.1, 0.15) is 10.4 Å². The molecule has 1 aromatic heterocycles. The monoisotopic (exact) mass is 292 g/mol. The minimum Gasteiger partial charge on any atom is -0.378 e. The number of ether oxygens (including phenoxy) is 1. The first-order chi connectivity index (χ1) is 9.66. The molecule has 0 radical (unpaired) electrons. The first-order valence-corrected chi connectivity index (χ1v) is 6.72. The number of aromatic nitrogens is 1. The minimum absolute atomic E-state index is 0.154. The fourth-order valence-corrected chi connectivity index (χ4v) is 2.46. The number of hydrogen-bond donors (Lipinski definition) is 1. The van der Waals surface area contributed by atoms with E-state index in [1.807, 2.05) is 0 Å². The molecular formula is C14H13ClN2O3. The Labute approximate surface area is 120 Å². The largest absolute Gasteiger partial charge is 0.378 e. The van der Waals surface area contributed by atoms with E-state index in [2.05, 4.69) is 4.98 Å². The number of H-pyrrole nitrogens is 1. The molecule has 6 heteroatoms. The summed E-state index contributed by atoms with van der Waals surface area (Å²) in [5.41, 5.74) is 0.509. The lowest BCUT2D eigenvalue weighted by atomic mass is 10.1. The third kappa shape index (κ3) is 2.30. The number of nitrogens with zero attached hydrogens (tertiary/aromatic N) is 1. The van der Waals surface area contributed by atoms with E-state index in [0.717, 1.165) is 0 Å². The highest BCUT2D eigenvalue weighted by Crippen LogP contribution is 2.15. The first-order valence-electron chi connectivity index (χ1n) is 6.35. The normalized spacial score (nSPS) is 15.6. The van der Waals surface area contributed by atoms with Crippen molar-refractivity contribution < 1.29 is 9.53 Å². The summed E-state index contributed by atoms with van der Waals surface area (Å²) in [5, 5.41) is 1.01. The lowest BCUT2D eigenvalue weighted by Crippen LogP contribution is -2.42. The summed E-state index contributed by atoms with van der Waals surface area (Å²) in [6.45, 7) is 2.04. The van der Waals surface area contributed by atoms with Gasteiger partial charge in [0, 0.05) is 29.7 Å². The van der Waals surface area contributed by atoms with Gasteiger partial charge in [-0.25, -0.2) is 0 Å². The van der Waals surface area contributed by atoms with Gasteiger partial charge in [-0.15, -0.1) is 0 Å². The highest BCUT2D eigenvalue weighted by molar-refractivity contribution is 6.31. The van der Waals surface area contributed by atoms with E-state index >= 15 is 0 Å². The van der Waals surface area contributed by atoms with E-state index in [9.17, 15) is 9.59 Å². The highest BCUT2D eigenvalue weighted by atomic mass is 35.5. The van der Waals surface area contributed by atoms with Crippen molar-refractivity contribution in [2.45, 2.75) is 0 Å². The van der Waals surface area contributed by atoms with Crippen LogP contribution in [0.3, 0.4) is 0 Å². The Kier molecular flexibility index (Phi) is 3.46. The van der Waals surface area contributed by atoms with Crippen LogP contribution in [0, 0.1) is 0 Å². The molecule has 1 amide bonds. The predicted molar refractivity (Wildman–Crippen MR) is 76.3 cm³/mol. The SMILES string of the molecule is O=C(c1c[nH]c2cc(Cl)ccc2c1=O)N1CCOCC1. The van der Waals surface area contributed by atoms with Crippen LogP contribution in [-0.2, 0) is 4.74 Å². The molecule has 104 valence electrons. The molecule has 20 heavy (non-hydrogen) atoms. The quantitative estimate of drug-likeness (QED) is 0.869. The lowest BCUT2D eigenvalue weighted by Gasteiger charge is -2.26. The van der Waals surface area contributed by atoms with Crippen molar-refractivity contribution in [3.8, 4) is 0 Å². The summed E-state index contributed by atoms with van der Waals surface area (Å²) in [7, 11) is 0. The van der Waals surface area contributed by atoms with Crippen LogP contribution in [0.15, 0.2) is 29.2 Å². The number of carbonyl (C=O) groups is 1. The fraction of sp³-hybridized carbons (Fsp3) is 0.286. The maximum Gasteiger partial charge on any atom is 0.259 e. The van der Waals surface area contributed by atoms with Crippen molar-refractivity contribution >= 4 is 28.4 Å². The summed E-state index contributed by atoms with van der Waals surface area (Å²) in [6, 6.07) is 4.94. The van der Waals surface area contributed by atoms with Gasteiger partial charge in [-0.3, -0.25) is 9.59 Å². The van der Waals surface area contributed by atoms with E-state index in [1.54, 1.807) is 23.1 Å². The number of amides is 1. The van der Waals surface area contributed by atoms with Gasteiger partial charge in [-0.2, -0.15) is 0 Å². The Hall–Kier alpha value is -1.85. The number of fused-ring (bicyclic) bond motifs is 1. The first kappa shape index (κ1) is 13.1. The van der Waals surface area contributed by atoms with E-state index < -0.39 is 0 Å². The van der Waals surface area contributed by atoms with E-state index in [4.69, 9.17) is 16.3 Å². The Morgan fingerprint density at radius 1 is 1.30 bits per heavy atom. The molecule has 1 saturated heterocycles. The van der Waals surface area contributed by atoms with Gasteiger partial charge in [0.1, 0.15) is 5.56 Å². The van der Waals surface area contributed by atoms with Crippen molar-refractivity contribution in [1.29, 1.82) is 0 Å². The molecule has 0 saturated carbocycles. The van der Waals surface area contributed by atoms with Gasteiger partial charge in [0.05, 0.1) is 18.7 Å². The van der Waals surface area contributed by atoms with E-state index in [-0.39, 0.29) is 16.9 Å². The average molecular weight is 293 g/mol. The number of nitrogens with one attached hydrogen (secondary N) is 1. The molecule has 1 N–H and O–H groups in total. The van der Waals surface area contributed by atoms with E-state index in [1.165, 1.54) is 6.20 Å². The van der Waals surface area contributed by atoms with Crippen molar-refractivity contribution in [1.82, 2.24) is 9.88 Å². The van der Waals surface area contributed by atoms with Crippen LogP contribution in [0.2, 0.25) is 5.02 Å². The molecule has 1 aliphatic rings. The second-order valence-electron chi connectivity index (χ2n) is 4.63. The predicted octanol–water partition coefficient (Wildman–Crippen LogP) is 1.65. The number of aromatic amines is 1. The maximum atomic E-state index is 12.4. The highest BCUT2D eigenvalue weighted by Gasteiger charge is 2.21. The van der Waals surface area contributed by atoms with Crippen molar-refractivity contribution in [2.24, 2.45) is 0 Å². The zero-order valence-electron chi connectivity index (χ0n) is 10.7. The standard InChI is InChI=1S/C14H13ClN2O3/c15-9-1-2-10-12(7-9)16-8-11(13(10)18)14(19)17-3-5-20-6-4-17/h1-2,7-8H,3-6H2,(H,16,18). The third-order valence-electron chi connectivity index (χ3n) is 3.37. The molecular weight excluding hydrogens is 280 g/mol. The summed E-state index contributed by atoms with van der Waals surface area (Å²) in [5.74, 6) is -0.258.